The van der Waals surface area contributed by atoms with E-state index in [2.05, 4.69) is 20.4 Å². The summed E-state index contributed by atoms with van der Waals surface area (Å²) in [6, 6.07) is 12.7. The van der Waals surface area contributed by atoms with E-state index in [-0.39, 0.29) is 11.9 Å². The molecule has 0 saturated heterocycles. The zero-order valence-corrected chi connectivity index (χ0v) is 12.0. The van der Waals surface area contributed by atoms with Crippen LogP contribution in [-0.2, 0) is 0 Å². The number of hydrogen-bond acceptors (Lipinski definition) is 4. The predicted octanol–water partition coefficient (Wildman–Crippen LogP) is 2.15. The van der Waals surface area contributed by atoms with Gasteiger partial charge in [-0.3, -0.25) is 9.78 Å². The van der Waals surface area contributed by atoms with Crippen molar-refractivity contribution in [2.24, 2.45) is 0 Å². The van der Waals surface area contributed by atoms with Gasteiger partial charge in [-0.05, 0) is 43.3 Å². The van der Waals surface area contributed by atoms with E-state index in [0.29, 0.717) is 5.56 Å². The molecule has 3 aromatic rings. The van der Waals surface area contributed by atoms with Gasteiger partial charge in [0.2, 0.25) is 0 Å². The van der Waals surface area contributed by atoms with Crippen LogP contribution in [0.4, 0.5) is 0 Å². The van der Waals surface area contributed by atoms with Gasteiger partial charge in [-0.25, -0.2) is 9.67 Å². The quantitative estimate of drug-likeness (QED) is 0.800. The number of amides is 1. The van der Waals surface area contributed by atoms with Gasteiger partial charge in [-0.2, -0.15) is 5.10 Å². The van der Waals surface area contributed by atoms with Crippen LogP contribution in [0.1, 0.15) is 29.0 Å². The summed E-state index contributed by atoms with van der Waals surface area (Å²) in [5.74, 6) is -0.136. The van der Waals surface area contributed by atoms with Crippen molar-refractivity contribution in [3.63, 3.8) is 0 Å². The van der Waals surface area contributed by atoms with Gasteiger partial charge in [0, 0.05) is 11.8 Å². The molecule has 3 rings (SSSR count). The Morgan fingerprint density at radius 1 is 1.18 bits per heavy atom. The van der Waals surface area contributed by atoms with Gasteiger partial charge >= 0.3 is 0 Å². The van der Waals surface area contributed by atoms with E-state index >= 15 is 0 Å². The first-order chi connectivity index (χ1) is 10.7. The molecular formula is C16H15N5O. The highest BCUT2D eigenvalue weighted by molar-refractivity contribution is 5.94. The van der Waals surface area contributed by atoms with Crippen molar-refractivity contribution in [2.45, 2.75) is 13.0 Å². The Kier molecular flexibility index (Phi) is 3.91. The van der Waals surface area contributed by atoms with E-state index in [1.165, 1.54) is 6.33 Å². The Hall–Kier alpha value is -3.02. The van der Waals surface area contributed by atoms with Crippen molar-refractivity contribution in [2.75, 3.05) is 0 Å². The maximum absolute atomic E-state index is 12.3. The molecule has 0 aliphatic heterocycles. The van der Waals surface area contributed by atoms with Crippen LogP contribution in [0.2, 0.25) is 0 Å². The van der Waals surface area contributed by atoms with Gasteiger partial charge in [0.25, 0.3) is 5.91 Å². The zero-order valence-electron chi connectivity index (χ0n) is 12.0. The molecule has 0 bridgehead atoms. The van der Waals surface area contributed by atoms with Crippen LogP contribution in [0.15, 0.2) is 61.3 Å². The van der Waals surface area contributed by atoms with Crippen LogP contribution in [0.25, 0.3) is 5.69 Å². The summed E-state index contributed by atoms with van der Waals surface area (Å²) in [4.78, 5) is 20.4. The van der Waals surface area contributed by atoms with Crippen LogP contribution < -0.4 is 5.32 Å². The molecule has 6 nitrogen and oxygen atoms in total. The number of aromatic nitrogens is 4. The molecule has 1 atom stereocenters. The number of benzene rings is 1. The summed E-state index contributed by atoms with van der Waals surface area (Å²) >= 11 is 0. The van der Waals surface area contributed by atoms with E-state index in [9.17, 15) is 4.79 Å². The molecule has 0 aliphatic rings. The fourth-order valence-electron chi connectivity index (χ4n) is 2.09. The summed E-state index contributed by atoms with van der Waals surface area (Å²) in [6.07, 6.45) is 4.79. The zero-order chi connectivity index (χ0) is 15.4. The Morgan fingerprint density at radius 2 is 2.00 bits per heavy atom. The number of hydrogen-bond donors (Lipinski definition) is 1. The van der Waals surface area contributed by atoms with E-state index in [4.69, 9.17) is 0 Å². The minimum Gasteiger partial charge on any atom is -0.344 e. The minimum atomic E-state index is -0.149. The lowest BCUT2D eigenvalue weighted by Gasteiger charge is -2.13. The van der Waals surface area contributed by atoms with Gasteiger partial charge in [-0.15, -0.1) is 0 Å². The summed E-state index contributed by atoms with van der Waals surface area (Å²) in [7, 11) is 0. The molecule has 1 N–H and O–H groups in total. The number of nitrogens with one attached hydrogen (secondary N) is 1. The van der Waals surface area contributed by atoms with Crippen LogP contribution >= 0.6 is 0 Å². The van der Waals surface area contributed by atoms with Crippen molar-refractivity contribution in [1.29, 1.82) is 0 Å². The fourth-order valence-corrected chi connectivity index (χ4v) is 2.09. The topological polar surface area (TPSA) is 72.7 Å². The Morgan fingerprint density at radius 3 is 2.64 bits per heavy atom. The first-order valence-electron chi connectivity index (χ1n) is 6.91. The fraction of sp³-hybridized carbons (Fsp3) is 0.125. The average Bonchev–Trinajstić information content (AvgIpc) is 3.10. The van der Waals surface area contributed by atoms with Crippen molar-refractivity contribution in [3.8, 4) is 5.69 Å². The summed E-state index contributed by atoms with van der Waals surface area (Å²) in [5.41, 5.74) is 2.27. The lowest BCUT2D eigenvalue weighted by Crippen LogP contribution is -2.27. The molecule has 0 aliphatic carbocycles. The second-order valence-electron chi connectivity index (χ2n) is 4.84. The lowest BCUT2D eigenvalue weighted by molar-refractivity contribution is 0.0939. The highest BCUT2D eigenvalue weighted by Gasteiger charge is 2.12. The van der Waals surface area contributed by atoms with E-state index < -0.39 is 0 Å². The second kappa shape index (κ2) is 6.17. The van der Waals surface area contributed by atoms with Crippen LogP contribution in [-0.4, -0.2) is 25.7 Å². The van der Waals surface area contributed by atoms with Crippen molar-refractivity contribution < 1.29 is 4.79 Å². The van der Waals surface area contributed by atoms with Crippen LogP contribution in [0, 0.1) is 0 Å². The van der Waals surface area contributed by atoms with Gasteiger partial charge in [0.1, 0.15) is 12.7 Å². The summed E-state index contributed by atoms with van der Waals surface area (Å²) in [6.45, 7) is 1.91. The Bertz CT molecular complexity index is 738. The molecule has 2 aromatic heterocycles. The summed E-state index contributed by atoms with van der Waals surface area (Å²) < 4.78 is 1.64. The highest BCUT2D eigenvalue weighted by Crippen LogP contribution is 2.11. The standard InChI is InChI=1S/C16H15N5O/c1-12(15-4-2-3-9-18-15)20-16(22)13-5-7-14(8-6-13)21-11-17-10-19-21/h2-12H,1H3,(H,20,22). The average molecular weight is 293 g/mol. The molecule has 0 spiro atoms. The second-order valence-corrected chi connectivity index (χ2v) is 4.84. The van der Waals surface area contributed by atoms with Gasteiger partial charge in [-0.1, -0.05) is 6.07 Å². The maximum Gasteiger partial charge on any atom is 0.251 e. The summed E-state index contributed by atoms with van der Waals surface area (Å²) in [5, 5.41) is 6.98. The number of carbonyl (C=O) groups is 1. The molecule has 1 unspecified atom stereocenters. The van der Waals surface area contributed by atoms with Crippen molar-refractivity contribution in [1.82, 2.24) is 25.1 Å². The number of nitrogens with zero attached hydrogens (tertiary/aromatic N) is 4. The first-order valence-corrected chi connectivity index (χ1v) is 6.91. The Labute approximate surface area is 127 Å². The lowest BCUT2D eigenvalue weighted by atomic mass is 10.1. The van der Waals surface area contributed by atoms with Crippen molar-refractivity contribution in [3.05, 3.63) is 72.6 Å². The van der Waals surface area contributed by atoms with E-state index in [1.54, 1.807) is 29.3 Å². The van der Waals surface area contributed by atoms with Gasteiger partial charge in [0.05, 0.1) is 17.4 Å². The smallest absolute Gasteiger partial charge is 0.251 e. The molecule has 22 heavy (non-hydrogen) atoms. The highest BCUT2D eigenvalue weighted by atomic mass is 16.1. The Balaban J connectivity index is 1.70. The first kappa shape index (κ1) is 13.9. The molecule has 1 aromatic carbocycles. The molecule has 110 valence electrons. The van der Waals surface area contributed by atoms with Crippen LogP contribution in [0.5, 0.6) is 0 Å². The van der Waals surface area contributed by atoms with E-state index in [1.807, 2.05) is 37.3 Å². The number of rotatable bonds is 4. The SMILES string of the molecule is CC(NC(=O)c1ccc(-n2cncn2)cc1)c1ccccn1. The largest absolute Gasteiger partial charge is 0.344 e. The monoisotopic (exact) mass is 293 g/mol. The number of pyridine rings is 1. The third-order valence-corrected chi connectivity index (χ3v) is 3.29. The van der Waals surface area contributed by atoms with E-state index in [0.717, 1.165) is 11.4 Å². The third-order valence-electron chi connectivity index (χ3n) is 3.29. The predicted molar refractivity (Wildman–Crippen MR) is 81.5 cm³/mol. The van der Waals surface area contributed by atoms with Gasteiger partial charge < -0.3 is 5.32 Å². The molecular weight excluding hydrogens is 278 g/mol. The number of carbonyl (C=O) groups excluding carboxylic acids is 1. The van der Waals surface area contributed by atoms with Gasteiger partial charge in [0.15, 0.2) is 0 Å². The third kappa shape index (κ3) is 3.01. The normalized spacial score (nSPS) is 11.9. The molecule has 1 amide bonds. The van der Waals surface area contributed by atoms with Crippen LogP contribution in [0.3, 0.4) is 0 Å². The van der Waals surface area contributed by atoms with Crippen molar-refractivity contribution >= 4 is 5.91 Å². The molecule has 0 saturated carbocycles. The molecule has 2 heterocycles. The molecule has 0 fully saturated rings. The maximum atomic E-state index is 12.3. The minimum absolute atomic E-state index is 0.136. The molecule has 0 radical (unpaired) electrons. The molecule has 6 heteroatoms.